The Kier molecular flexibility index (Phi) is 3.47. The van der Waals surface area contributed by atoms with Crippen molar-refractivity contribution < 1.29 is 5.11 Å². The van der Waals surface area contributed by atoms with Crippen LogP contribution in [0, 0.1) is 13.8 Å². The molecule has 1 heterocycles. The molecule has 0 aromatic carbocycles. The average molecular weight is 194 g/mol. The van der Waals surface area contributed by atoms with Crippen molar-refractivity contribution in [3.63, 3.8) is 0 Å². The largest absolute Gasteiger partial charge is 0.394 e. The molecule has 0 amide bonds. The molecule has 1 rings (SSSR count). The van der Waals surface area contributed by atoms with Crippen LogP contribution in [0.2, 0.25) is 0 Å². The van der Waals surface area contributed by atoms with Crippen LogP contribution >= 0.6 is 0 Å². The van der Waals surface area contributed by atoms with Crippen LogP contribution in [0.4, 0.5) is 5.82 Å². The van der Waals surface area contributed by atoms with Crippen molar-refractivity contribution in [3.05, 3.63) is 23.4 Å². The van der Waals surface area contributed by atoms with Gasteiger partial charge in [0.2, 0.25) is 0 Å². The van der Waals surface area contributed by atoms with E-state index in [-0.39, 0.29) is 12.6 Å². The van der Waals surface area contributed by atoms with Gasteiger partial charge >= 0.3 is 0 Å². The van der Waals surface area contributed by atoms with Crippen LogP contribution in [0.1, 0.15) is 18.2 Å². The Bertz CT molecular complexity index is 292. The van der Waals surface area contributed by atoms with Gasteiger partial charge in [-0.05, 0) is 38.5 Å². The number of anilines is 1. The maximum Gasteiger partial charge on any atom is 0.129 e. The van der Waals surface area contributed by atoms with Crippen LogP contribution in [-0.2, 0) is 0 Å². The lowest BCUT2D eigenvalue weighted by atomic mass is 10.2. The van der Waals surface area contributed by atoms with Gasteiger partial charge in [-0.3, -0.25) is 0 Å². The zero-order valence-corrected chi connectivity index (χ0v) is 9.28. The summed E-state index contributed by atoms with van der Waals surface area (Å²) in [4.78, 5) is 6.40. The van der Waals surface area contributed by atoms with E-state index in [0.29, 0.717) is 0 Å². The Balaban J connectivity index is 2.94. The average Bonchev–Trinajstić information content (AvgIpc) is 2.14. The van der Waals surface area contributed by atoms with Crippen molar-refractivity contribution in [3.8, 4) is 0 Å². The molecule has 1 atom stereocenters. The molecular weight excluding hydrogens is 176 g/mol. The molecule has 78 valence electrons. The molecule has 0 bridgehead atoms. The van der Waals surface area contributed by atoms with Gasteiger partial charge in [0.15, 0.2) is 0 Å². The standard InChI is InChI=1S/C11H18N2O/c1-8-5-9(2)12-11(6-8)13(4)10(3)7-14/h5-6,10,14H,7H2,1-4H3. The number of hydrogen-bond donors (Lipinski definition) is 1. The van der Waals surface area contributed by atoms with Crippen molar-refractivity contribution in [2.24, 2.45) is 0 Å². The van der Waals surface area contributed by atoms with Crippen LogP contribution in [-0.4, -0.2) is 29.8 Å². The molecule has 3 nitrogen and oxygen atoms in total. The normalized spacial score (nSPS) is 12.6. The summed E-state index contributed by atoms with van der Waals surface area (Å²) < 4.78 is 0. The Morgan fingerprint density at radius 2 is 2.07 bits per heavy atom. The molecule has 0 saturated heterocycles. The van der Waals surface area contributed by atoms with Gasteiger partial charge in [0.25, 0.3) is 0 Å². The van der Waals surface area contributed by atoms with Crippen LogP contribution in [0.25, 0.3) is 0 Å². The van der Waals surface area contributed by atoms with Crippen LogP contribution in [0.3, 0.4) is 0 Å². The van der Waals surface area contributed by atoms with Gasteiger partial charge < -0.3 is 10.0 Å². The highest BCUT2D eigenvalue weighted by Gasteiger charge is 2.10. The molecule has 0 aliphatic carbocycles. The second-order valence-corrected chi connectivity index (χ2v) is 3.79. The van der Waals surface area contributed by atoms with Gasteiger partial charge in [-0.25, -0.2) is 4.98 Å². The fourth-order valence-electron chi connectivity index (χ4n) is 1.35. The Morgan fingerprint density at radius 1 is 1.43 bits per heavy atom. The predicted molar refractivity (Wildman–Crippen MR) is 58.7 cm³/mol. The smallest absolute Gasteiger partial charge is 0.129 e. The highest BCUT2D eigenvalue weighted by atomic mass is 16.3. The van der Waals surface area contributed by atoms with Crippen molar-refractivity contribution in [1.82, 2.24) is 4.98 Å². The fourth-order valence-corrected chi connectivity index (χ4v) is 1.35. The molecule has 0 fully saturated rings. The quantitative estimate of drug-likeness (QED) is 0.792. The summed E-state index contributed by atoms with van der Waals surface area (Å²) in [6.07, 6.45) is 0. The molecule has 0 aliphatic heterocycles. The number of pyridine rings is 1. The van der Waals surface area contributed by atoms with E-state index in [2.05, 4.69) is 11.9 Å². The number of aromatic nitrogens is 1. The minimum atomic E-state index is 0.101. The highest BCUT2D eigenvalue weighted by molar-refractivity contribution is 5.42. The van der Waals surface area contributed by atoms with E-state index in [1.165, 1.54) is 5.56 Å². The van der Waals surface area contributed by atoms with E-state index in [1.54, 1.807) is 0 Å². The molecule has 1 unspecified atom stereocenters. The first-order valence-electron chi connectivity index (χ1n) is 4.83. The van der Waals surface area contributed by atoms with Gasteiger partial charge in [0.05, 0.1) is 12.6 Å². The SMILES string of the molecule is Cc1cc(C)nc(N(C)C(C)CO)c1. The first-order valence-corrected chi connectivity index (χ1v) is 4.83. The lowest BCUT2D eigenvalue weighted by Gasteiger charge is -2.24. The molecule has 0 saturated carbocycles. The second kappa shape index (κ2) is 4.42. The minimum absolute atomic E-state index is 0.101. The first kappa shape index (κ1) is 11.0. The lowest BCUT2D eigenvalue weighted by Crippen LogP contribution is -2.32. The molecule has 1 N–H and O–H groups in total. The summed E-state index contributed by atoms with van der Waals surface area (Å²) in [5.41, 5.74) is 2.21. The summed E-state index contributed by atoms with van der Waals surface area (Å²) in [5, 5.41) is 9.04. The second-order valence-electron chi connectivity index (χ2n) is 3.79. The van der Waals surface area contributed by atoms with Gasteiger partial charge in [-0.15, -0.1) is 0 Å². The lowest BCUT2D eigenvalue weighted by molar-refractivity contribution is 0.270. The van der Waals surface area contributed by atoms with Gasteiger partial charge in [0, 0.05) is 12.7 Å². The number of nitrogens with zero attached hydrogens (tertiary/aromatic N) is 2. The maximum absolute atomic E-state index is 9.04. The molecule has 0 spiro atoms. The van der Waals surface area contributed by atoms with E-state index in [1.807, 2.05) is 37.9 Å². The topological polar surface area (TPSA) is 36.4 Å². The molecule has 0 radical (unpaired) electrons. The third-order valence-corrected chi connectivity index (χ3v) is 2.37. The fraction of sp³-hybridized carbons (Fsp3) is 0.545. The van der Waals surface area contributed by atoms with E-state index in [9.17, 15) is 0 Å². The first-order chi connectivity index (χ1) is 6.54. The maximum atomic E-state index is 9.04. The summed E-state index contributed by atoms with van der Waals surface area (Å²) in [5.74, 6) is 0.920. The Hall–Kier alpha value is -1.09. The van der Waals surface area contributed by atoms with Crippen LogP contribution in [0.15, 0.2) is 12.1 Å². The van der Waals surface area contributed by atoms with Gasteiger partial charge in [-0.2, -0.15) is 0 Å². The molecule has 1 aromatic rings. The molecule has 3 heteroatoms. The molecule has 1 aromatic heterocycles. The predicted octanol–water partition coefficient (Wildman–Crippen LogP) is 1.52. The summed E-state index contributed by atoms with van der Waals surface area (Å²) >= 11 is 0. The number of aliphatic hydroxyl groups is 1. The third-order valence-electron chi connectivity index (χ3n) is 2.37. The number of aliphatic hydroxyl groups excluding tert-OH is 1. The summed E-state index contributed by atoms with van der Waals surface area (Å²) in [6.45, 7) is 6.15. The monoisotopic (exact) mass is 194 g/mol. The van der Waals surface area contributed by atoms with Crippen molar-refractivity contribution in [2.45, 2.75) is 26.8 Å². The van der Waals surface area contributed by atoms with Crippen molar-refractivity contribution in [2.75, 3.05) is 18.6 Å². The highest BCUT2D eigenvalue weighted by Crippen LogP contribution is 2.14. The minimum Gasteiger partial charge on any atom is -0.394 e. The summed E-state index contributed by atoms with van der Waals surface area (Å²) in [6, 6.07) is 4.17. The molecule has 0 aliphatic rings. The number of rotatable bonds is 3. The van der Waals surface area contributed by atoms with Gasteiger partial charge in [-0.1, -0.05) is 0 Å². The van der Waals surface area contributed by atoms with Crippen LogP contribution < -0.4 is 4.90 Å². The van der Waals surface area contributed by atoms with E-state index in [0.717, 1.165) is 11.5 Å². The zero-order chi connectivity index (χ0) is 10.7. The van der Waals surface area contributed by atoms with E-state index in [4.69, 9.17) is 5.11 Å². The third kappa shape index (κ3) is 2.45. The summed E-state index contributed by atoms with van der Waals surface area (Å²) in [7, 11) is 1.95. The Labute approximate surface area is 85.4 Å². The Morgan fingerprint density at radius 3 is 2.57 bits per heavy atom. The van der Waals surface area contributed by atoms with Gasteiger partial charge in [0.1, 0.15) is 5.82 Å². The van der Waals surface area contributed by atoms with Crippen molar-refractivity contribution in [1.29, 1.82) is 0 Å². The van der Waals surface area contributed by atoms with Crippen LogP contribution in [0.5, 0.6) is 0 Å². The number of hydrogen-bond acceptors (Lipinski definition) is 3. The zero-order valence-electron chi connectivity index (χ0n) is 9.28. The molecular formula is C11H18N2O. The van der Waals surface area contributed by atoms with E-state index >= 15 is 0 Å². The van der Waals surface area contributed by atoms with Crippen molar-refractivity contribution >= 4 is 5.82 Å². The van der Waals surface area contributed by atoms with E-state index < -0.39 is 0 Å². The number of aryl methyl sites for hydroxylation is 2. The number of likely N-dealkylation sites (N-methyl/N-ethyl adjacent to an activating group) is 1. The molecule has 14 heavy (non-hydrogen) atoms.